The third kappa shape index (κ3) is 2.67. The summed E-state index contributed by atoms with van der Waals surface area (Å²) in [4.78, 5) is 0.151. The third-order valence-electron chi connectivity index (χ3n) is 3.74. The summed E-state index contributed by atoms with van der Waals surface area (Å²) in [5.74, 6) is 0.337. The summed E-state index contributed by atoms with van der Waals surface area (Å²) in [6, 6.07) is 10.7. The van der Waals surface area contributed by atoms with E-state index in [1.54, 1.807) is 18.2 Å². The molecule has 1 heterocycles. The van der Waals surface area contributed by atoms with Crippen LogP contribution in [0.3, 0.4) is 0 Å². The standard InChI is InChI=1S/C16H18N2O3S/c1-11-6-7-15(21-2)16(8-11)22(19,20)18-14-5-3-4-12-9-17-10-13(12)14/h3-8,17-18H,9-10H2,1-2H3. The molecular weight excluding hydrogens is 300 g/mol. The molecule has 6 heteroatoms. The zero-order valence-electron chi connectivity index (χ0n) is 12.5. The Morgan fingerprint density at radius 1 is 1.18 bits per heavy atom. The molecule has 3 rings (SSSR count). The normalized spacial score (nSPS) is 13.7. The van der Waals surface area contributed by atoms with Crippen molar-refractivity contribution in [2.24, 2.45) is 0 Å². The maximum atomic E-state index is 12.7. The molecule has 2 aromatic rings. The molecule has 0 aromatic heterocycles. The van der Waals surface area contributed by atoms with Gasteiger partial charge in [-0.25, -0.2) is 8.42 Å². The Kier molecular flexibility index (Phi) is 3.80. The monoisotopic (exact) mass is 318 g/mol. The quantitative estimate of drug-likeness (QED) is 0.908. The van der Waals surface area contributed by atoms with Gasteiger partial charge in [0.1, 0.15) is 10.6 Å². The van der Waals surface area contributed by atoms with Gasteiger partial charge < -0.3 is 10.1 Å². The number of nitrogens with one attached hydrogen (secondary N) is 2. The van der Waals surface area contributed by atoms with E-state index in [0.717, 1.165) is 23.2 Å². The molecule has 0 aliphatic carbocycles. The van der Waals surface area contributed by atoms with Gasteiger partial charge in [0.2, 0.25) is 0 Å². The topological polar surface area (TPSA) is 67.4 Å². The van der Waals surface area contributed by atoms with Gasteiger partial charge in [0.15, 0.2) is 0 Å². The highest BCUT2D eigenvalue weighted by Gasteiger charge is 2.22. The van der Waals surface area contributed by atoms with Gasteiger partial charge in [0.25, 0.3) is 10.0 Å². The number of anilines is 1. The second kappa shape index (κ2) is 5.62. The minimum absolute atomic E-state index is 0.151. The Morgan fingerprint density at radius 3 is 2.77 bits per heavy atom. The maximum Gasteiger partial charge on any atom is 0.265 e. The molecule has 2 aromatic carbocycles. The summed E-state index contributed by atoms with van der Waals surface area (Å²) in [7, 11) is -2.24. The van der Waals surface area contributed by atoms with Crippen molar-refractivity contribution in [2.45, 2.75) is 24.9 Å². The van der Waals surface area contributed by atoms with E-state index in [9.17, 15) is 8.42 Å². The molecule has 0 atom stereocenters. The van der Waals surface area contributed by atoms with Crippen LogP contribution in [-0.4, -0.2) is 15.5 Å². The molecule has 116 valence electrons. The van der Waals surface area contributed by atoms with Crippen molar-refractivity contribution in [3.8, 4) is 5.75 Å². The maximum absolute atomic E-state index is 12.7. The summed E-state index contributed by atoms with van der Waals surface area (Å²) in [6.07, 6.45) is 0. The SMILES string of the molecule is COc1ccc(C)cc1S(=O)(=O)Nc1cccc2c1CNC2. The molecule has 5 nitrogen and oxygen atoms in total. The molecular formula is C16H18N2O3S. The highest BCUT2D eigenvalue weighted by molar-refractivity contribution is 7.92. The number of aryl methyl sites for hydroxylation is 1. The lowest BCUT2D eigenvalue weighted by atomic mass is 10.1. The largest absolute Gasteiger partial charge is 0.495 e. The molecule has 0 unspecified atom stereocenters. The van der Waals surface area contributed by atoms with Crippen LogP contribution in [-0.2, 0) is 23.1 Å². The first kappa shape index (κ1) is 14.9. The van der Waals surface area contributed by atoms with Crippen LogP contribution in [0.1, 0.15) is 16.7 Å². The third-order valence-corrected chi connectivity index (χ3v) is 5.13. The van der Waals surface area contributed by atoms with Crippen molar-refractivity contribution in [2.75, 3.05) is 11.8 Å². The fourth-order valence-corrected chi connectivity index (χ4v) is 3.97. The highest BCUT2D eigenvalue weighted by atomic mass is 32.2. The smallest absolute Gasteiger partial charge is 0.265 e. The van der Waals surface area contributed by atoms with Crippen LogP contribution < -0.4 is 14.8 Å². The molecule has 0 spiro atoms. The van der Waals surface area contributed by atoms with Crippen LogP contribution in [0.15, 0.2) is 41.3 Å². The Morgan fingerprint density at radius 2 is 2.00 bits per heavy atom. The molecule has 1 aliphatic heterocycles. The van der Waals surface area contributed by atoms with Crippen molar-refractivity contribution in [3.63, 3.8) is 0 Å². The van der Waals surface area contributed by atoms with E-state index in [-0.39, 0.29) is 4.90 Å². The Labute approximate surface area is 130 Å². The van der Waals surface area contributed by atoms with Crippen molar-refractivity contribution in [3.05, 3.63) is 53.1 Å². The van der Waals surface area contributed by atoms with Gasteiger partial charge in [-0.05, 0) is 41.8 Å². The van der Waals surface area contributed by atoms with Crippen LogP contribution in [0, 0.1) is 6.92 Å². The minimum Gasteiger partial charge on any atom is -0.495 e. The van der Waals surface area contributed by atoms with Crippen molar-refractivity contribution < 1.29 is 13.2 Å². The predicted molar refractivity (Wildman–Crippen MR) is 85.5 cm³/mol. The van der Waals surface area contributed by atoms with E-state index in [4.69, 9.17) is 4.74 Å². The molecule has 0 fully saturated rings. The average Bonchev–Trinajstić information content (AvgIpc) is 2.96. The number of hydrogen-bond donors (Lipinski definition) is 2. The number of fused-ring (bicyclic) bond motifs is 1. The molecule has 0 saturated carbocycles. The van der Waals surface area contributed by atoms with Crippen molar-refractivity contribution >= 4 is 15.7 Å². The molecule has 2 N–H and O–H groups in total. The van der Waals surface area contributed by atoms with Gasteiger partial charge in [-0.1, -0.05) is 18.2 Å². The fourth-order valence-electron chi connectivity index (χ4n) is 2.62. The number of benzene rings is 2. The van der Waals surface area contributed by atoms with Gasteiger partial charge in [-0.2, -0.15) is 0 Å². The van der Waals surface area contributed by atoms with Crippen LogP contribution in [0.5, 0.6) is 5.75 Å². The van der Waals surface area contributed by atoms with E-state index in [1.165, 1.54) is 7.11 Å². The Balaban J connectivity index is 2.02. The lowest BCUT2D eigenvalue weighted by Crippen LogP contribution is -2.15. The molecule has 0 saturated heterocycles. The van der Waals surface area contributed by atoms with Crippen molar-refractivity contribution in [1.82, 2.24) is 5.32 Å². The summed E-state index contributed by atoms with van der Waals surface area (Å²) >= 11 is 0. The van der Waals surface area contributed by atoms with E-state index in [0.29, 0.717) is 18.0 Å². The van der Waals surface area contributed by atoms with E-state index in [2.05, 4.69) is 10.0 Å². The first-order chi connectivity index (χ1) is 10.5. The first-order valence-corrected chi connectivity index (χ1v) is 8.48. The Hall–Kier alpha value is -2.05. The molecule has 0 radical (unpaired) electrons. The van der Waals surface area contributed by atoms with Crippen LogP contribution in [0.25, 0.3) is 0 Å². The molecule has 22 heavy (non-hydrogen) atoms. The zero-order valence-corrected chi connectivity index (χ0v) is 13.3. The number of sulfonamides is 1. The van der Waals surface area contributed by atoms with Gasteiger partial charge in [-0.3, -0.25) is 4.72 Å². The number of rotatable bonds is 4. The number of ether oxygens (including phenoxy) is 1. The van der Waals surface area contributed by atoms with Gasteiger partial charge in [0.05, 0.1) is 12.8 Å². The lowest BCUT2D eigenvalue weighted by molar-refractivity contribution is 0.402. The van der Waals surface area contributed by atoms with Crippen LogP contribution >= 0.6 is 0 Å². The summed E-state index contributed by atoms with van der Waals surface area (Å²) in [6.45, 7) is 3.28. The Bertz CT molecular complexity index is 816. The van der Waals surface area contributed by atoms with Crippen LogP contribution in [0.4, 0.5) is 5.69 Å². The van der Waals surface area contributed by atoms with Gasteiger partial charge in [-0.15, -0.1) is 0 Å². The molecule has 0 bridgehead atoms. The van der Waals surface area contributed by atoms with Crippen molar-refractivity contribution in [1.29, 1.82) is 0 Å². The minimum atomic E-state index is -3.70. The van der Waals surface area contributed by atoms with E-state index < -0.39 is 10.0 Å². The average molecular weight is 318 g/mol. The summed E-state index contributed by atoms with van der Waals surface area (Å²) < 4.78 is 33.3. The second-order valence-corrected chi connectivity index (χ2v) is 6.96. The van der Waals surface area contributed by atoms with E-state index in [1.807, 2.05) is 25.1 Å². The summed E-state index contributed by atoms with van der Waals surface area (Å²) in [5.41, 5.74) is 3.60. The lowest BCUT2D eigenvalue weighted by Gasteiger charge is -2.14. The van der Waals surface area contributed by atoms with Gasteiger partial charge >= 0.3 is 0 Å². The van der Waals surface area contributed by atoms with E-state index >= 15 is 0 Å². The highest BCUT2D eigenvalue weighted by Crippen LogP contribution is 2.30. The predicted octanol–water partition coefficient (Wildman–Crippen LogP) is 2.41. The number of methoxy groups -OCH3 is 1. The second-order valence-electron chi connectivity index (χ2n) is 5.31. The first-order valence-electron chi connectivity index (χ1n) is 7.00. The van der Waals surface area contributed by atoms with Gasteiger partial charge in [0, 0.05) is 13.1 Å². The zero-order chi connectivity index (χ0) is 15.7. The van der Waals surface area contributed by atoms with Crippen LogP contribution in [0.2, 0.25) is 0 Å². The fraction of sp³-hybridized carbons (Fsp3) is 0.250. The molecule has 1 aliphatic rings. The number of hydrogen-bond acceptors (Lipinski definition) is 4. The molecule has 0 amide bonds. The summed E-state index contributed by atoms with van der Waals surface area (Å²) in [5, 5.41) is 3.23.